The van der Waals surface area contributed by atoms with Crippen molar-refractivity contribution in [3.63, 3.8) is 0 Å². The van der Waals surface area contributed by atoms with E-state index >= 15 is 0 Å². The number of rotatable bonds is 5. The standard InChI is InChI=1S/C18H20N2O2/c1-13(2)14-4-6-15(7-5-14)17-9-8-16(12-19)18(22)20(17)10-3-11-21/h4-9,13,21H,3,10-11H2,1-2H3. The van der Waals surface area contributed by atoms with Crippen LogP contribution in [-0.2, 0) is 6.54 Å². The molecule has 0 aliphatic carbocycles. The highest BCUT2D eigenvalue weighted by molar-refractivity contribution is 5.61. The number of aliphatic hydroxyl groups excluding tert-OH is 1. The first-order chi connectivity index (χ1) is 10.6. The van der Waals surface area contributed by atoms with Crippen molar-refractivity contribution in [1.29, 1.82) is 5.26 Å². The summed E-state index contributed by atoms with van der Waals surface area (Å²) in [5.41, 5.74) is 2.76. The molecule has 1 N–H and O–H groups in total. The summed E-state index contributed by atoms with van der Waals surface area (Å²) in [6.45, 7) is 4.67. The maximum atomic E-state index is 12.3. The molecule has 0 unspecified atom stereocenters. The molecule has 4 heteroatoms. The predicted octanol–water partition coefficient (Wildman–Crippen LogP) is 2.89. The molecule has 1 heterocycles. The molecule has 114 valence electrons. The number of aromatic nitrogens is 1. The third kappa shape index (κ3) is 3.26. The van der Waals surface area contributed by atoms with E-state index in [1.165, 1.54) is 5.56 Å². The molecule has 2 rings (SSSR count). The van der Waals surface area contributed by atoms with Gasteiger partial charge in [-0.1, -0.05) is 38.1 Å². The SMILES string of the molecule is CC(C)c1ccc(-c2ccc(C#N)c(=O)n2CCCO)cc1. The fourth-order valence-corrected chi connectivity index (χ4v) is 2.41. The Balaban J connectivity index is 2.52. The van der Waals surface area contributed by atoms with Crippen LogP contribution in [0, 0.1) is 11.3 Å². The van der Waals surface area contributed by atoms with Crippen LogP contribution in [0.25, 0.3) is 11.3 Å². The fourth-order valence-electron chi connectivity index (χ4n) is 2.41. The van der Waals surface area contributed by atoms with E-state index in [-0.39, 0.29) is 17.7 Å². The summed E-state index contributed by atoms with van der Waals surface area (Å²) in [4.78, 5) is 12.3. The highest BCUT2D eigenvalue weighted by atomic mass is 16.3. The van der Waals surface area contributed by atoms with Crippen LogP contribution in [-0.4, -0.2) is 16.3 Å². The first-order valence-corrected chi connectivity index (χ1v) is 7.43. The number of nitrogens with zero attached hydrogens (tertiary/aromatic N) is 2. The lowest BCUT2D eigenvalue weighted by Gasteiger charge is -2.14. The number of aliphatic hydroxyl groups is 1. The molecule has 0 aliphatic heterocycles. The largest absolute Gasteiger partial charge is 0.396 e. The van der Waals surface area contributed by atoms with Crippen LogP contribution in [0.15, 0.2) is 41.2 Å². The maximum Gasteiger partial charge on any atom is 0.268 e. The summed E-state index contributed by atoms with van der Waals surface area (Å²) in [5.74, 6) is 0.451. The van der Waals surface area contributed by atoms with E-state index in [4.69, 9.17) is 10.4 Å². The van der Waals surface area contributed by atoms with Crippen LogP contribution in [0.4, 0.5) is 0 Å². The second-order valence-corrected chi connectivity index (χ2v) is 5.55. The Morgan fingerprint density at radius 1 is 1.18 bits per heavy atom. The van der Waals surface area contributed by atoms with Gasteiger partial charge in [0.15, 0.2) is 0 Å². The third-order valence-corrected chi connectivity index (χ3v) is 3.71. The zero-order chi connectivity index (χ0) is 16.1. The minimum Gasteiger partial charge on any atom is -0.396 e. The molecule has 1 aromatic carbocycles. The van der Waals surface area contributed by atoms with Gasteiger partial charge >= 0.3 is 0 Å². The smallest absolute Gasteiger partial charge is 0.268 e. The second-order valence-electron chi connectivity index (χ2n) is 5.55. The molecule has 0 saturated carbocycles. The van der Waals surface area contributed by atoms with Gasteiger partial charge in [0, 0.05) is 13.2 Å². The second kappa shape index (κ2) is 7.06. The summed E-state index contributed by atoms with van der Waals surface area (Å²) < 4.78 is 1.57. The van der Waals surface area contributed by atoms with Gasteiger partial charge in [-0.3, -0.25) is 4.79 Å². The van der Waals surface area contributed by atoms with E-state index in [9.17, 15) is 4.79 Å². The van der Waals surface area contributed by atoms with E-state index < -0.39 is 0 Å². The van der Waals surface area contributed by atoms with Gasteiger partial charge in [-0.25, -0.2) is 0 Å². The number of hydrogen-bond donors (Lipinski definition) is 1. The van der Waals surface area contributed by atoms with Gasteiger partial charge in [0.05, 0.1) is 5.69 Å². The lowest BCUT2D eigenvalue weighted by Crippen LogP contribution is -2.24. The van der Waals surface area contributed by atoms with Crippen molar-refractivity contribution < 1.29 is 5.11 Å². The van der Waals surface area contributed by atoms with Gasteiger partial charge in [0.25, 0.3) is 5.56 Å². The van der Waals surface area contributed by atoms with Gasteiger partial charge in [-0.15, -0.1) is 0 Å². The van der Waals surface area contributed by atoms with Crippen molar-refractivity contribution in [2.75, 3.05) is 6.61 Å². The van der Waals surface area contributed by atoms with Crippen molar-refractivity contribution in [3.8, 4) is 17.3 Å². The molecule has 4 nitrogen and oxygen atoms in total. The zero-order valence-corrected chi connectivity index (χ0v) is 12.9. The number of benzene rings is 1. The Bertz CT molecular complexity index is 737. The van der Waals surface area contributed by atoms with Gasteiger partial charge in [-0.2, -0.15) is 5.26 Å². The monoisotopic (exact) mass is 296 g/mol. The summed E-state index contributed by atoms with van der Waals surface area (Å²) in [5, 5.41) is 18.0. The van der Waals surface area contributed by atoms with Gasteiger partial charge < -0.3 is 9.67 Å². The molecule has 2 aromatic rings. The molecule has 0 atom stereocenters. The van der Waals surface area contributed by atoms with E-state index in [1.54, 1.807) is 16.7 Å². The van der Waals surface area contributed by atoms with E-state index in [0.717, 1.165) is 11.3 Å². The summed E-state index contributed by atoms with van der Waals surface area (Å²) in [6.07, 6.45) is 0.478. The molecule has 0 saturated heterocycles. The van der Waals surface area contributed by atoms with Crippen LogP contribution in [0.3, 0.4) is 0 Å². The molecule has 0 spiro atoms. The molecule has 0 fully saturated rings. The van der Waals surface area contributed by atoms with Crippen molar-refractivity contribution >= 4 is 0 Å². The predicted molar refractivity (Wildman–Crippen MR) is 86.6 cm³/mol. The van der Waals surface area contributed by atoms with E-state index in [2.05, 4.69) is 26.0 Å². The first kappa shape index (κ1) is 16.0. The van der Waals surface area contributed by atoms with Crippen LogP contribution in [0.1, 0.15) is 37.3 Å². The number of nitriles is 1. The molecular formula is C18H20N2O2. The van der Waals surface area contributed by atoms with E-state index in [0.29, 0.717) is 18.9 Å². The summed E-state index contributed by atoms with van der Waals surface area (Å²) >= 11 is 0. The zero-order valence-electron chi connectivity index (χ0n) is 12.9. The van der Waals surface area contributed by atoms with Crippen molar-refractivity contribution in [2.45, 2.75) is 32.7 Å². The first-order valence-electron chi connectivity index (χ1n) is 7.43. The average molecular weight is 296 g/mol. The van der Waals surface area contributed by atoms with Gasteiger partial charge in [0.1, 0.15) is 11.6 Å². The van der Waals surface area contributed by atoms with E-state index in [1.807, 2.05) is 18.2 Å². The van der Waals surface area contributed by atoms with Crippen molar-refractivity contribution in [2.24, 2.45) is 0 Å². The molecule has 1 aromatic heterocycles. The Labute approximate surface area is 130 Å². The Morgan fingerprint density at radius 3 is 2.41 bits per heavy atom. The van der Waals surface area contributed by atoms with Crippen LogP contribution >= 0.6 is 0 Å². The Kier molecular flexibility index (Phi) is 5.13. The number of hydrogen-bond acceptors (Lipinski definition) is 3. The summed E-state index contributed by atoms with van der Waals surface area (Å²) in [6, 6.07) is 13.4. The molecule has 0 radical (unpaired) electrons. The highest BCUT2D eigenvalue weighted by Gasteiger charge is 2.10. The minimum atomic E-state index is -0.304. The quantitative estimate of drug-likeness (QED) is 0.922. The molecule has 0 aliphatic rings. The van der Waals surface area contributed by atoms with Crippen LogP contribution in [0.2, 0.25) is 0 Å². The van der Waals surface area contributed by atoms with Gasteiger partial charge in [-0.05, 0) is 35.6 Å². The fraction of sp³-hybridized carbons (Fsp3) is 0.333. The molecule has 22 heavy (non-hydrogen) atoms. The topological polar surface area (TPSA) is 66.0 Å². The average Bonchev–Trinajstić information content (AvgIpc) is 2.53. The van der Waals surface area contributed by atoms with Gasteiger partial charge in [0.2, 0.25) is 0 Å². The Hall–Kier alpha value is -2.38. The maximum absolute atomic E-state index is 12.3. The third-order valence-electron chi connectivity index (χ3n) is 3.71. The normalized spacial score (nSPS) is 10.7. The molecule has 0 bridgehead atoms. The highest BCUT2D eigenvalue weighted by Crippen LogP contribution is 2.22. The summed E-state index contributed by atoms with van der Waals surface area (Å²) in [7, 11) is 0. The van der Waals surface area contributed by atoms with Crippen molar-refractivity contribution in [3.05, 3.63) is 57.9 Å². The van der Waals surface area contributed by atoms with Crippen LogP contribution in [0.5, 0.6) is 0 Å². The lowest BCUT2D eigenvalue weighted by molar-refractivity contribution is 0.279. The molecular weight excluding hydrogens is 276 g/mol. The minimum absolute atomic E-state index is 0.00888. The van der Waals surface area contributed by atoms with Crippen LogP contribution < -0.4 is 5.56 Å². The number of pyridine rings is 1. The lowest BCUT2D eigenvalue weighted by atomic mass is 10.0. The van der Waals surface area contributed by atoms with Crippen molar-refractivity contribution in [1.82, 2.24) is 4.57 Å². The molecule has 0 amide bonds. The Morgan fingerprint density at radius 2 is 1.86 bits per heavy atom.